The molecule has 44 heavy (non-hydrogen) atoms. The molecule has 2 heterocycles. The Morgan fingerprint density at radius 2 is 1.61 bits per heavy atom. The quantitative estimate of drug-likeness (QED) is 0.194. The number of aryl methyl sites for hydroxylation is 1. The highest BCUT2D eigenvalue weighted by atomic mass is 16.7. The minimum Gasteiger partial charge on any atom is -0.478 e. The molecule has 4 N–H and O–H groups in total. The number of carboxylic acids is 1. The first-order valence-corrected chi connectivity index (χ1v) is 14.6. The number of anilines is 2. The standard InChI is InChI=1S/C33H37N5O6/c1-22-20-27-28(21-26(22)33(42)43)35-31(40)29(27)30(23-6-4-3-5-7-23)34-25-10-8-24(9-11-25)32(41)36(2)44-19-17-38-14-12-37(13-15-38)16-18-39/h3-11,20-21,34,39H,12-19H2,1-2H3,(H,35,40)(H,42,43)/b30-29+. The Morgan fingerprint density at radius 1 is 0.955 bits per heavy atom. The largest absolute Gasteiger partial charge is 0.478 e. The highest BCUT2D eigenvalue weighted by Gasteiger charge is 2.30. The second kappa shape index (κ2) is 13.8. The van der Waals surface area contributed by atoms with Gasteiger partial charge in [-0.2, -0.15) is 0 Å². The van der Waals surface area contributed by atoms with Crippen LogP contribution in [0.1, 0.15) is 37.4 Å². The zero-order valence-corrected chi connectivity index (χ0v) is 24.9. The van der Waals surface area contributed by atoms with E-state index in [2.05, 4.69) is 20.4 Å². The number of fused-ring (bicyclic) bond motifs is 1. The number of nitrogens with zero attached hydrogens (tertiary/aromatic N) is 3. The summed E-state index contributed by atoms with van der Waals surface area (Å²) in [5.74, 6) is -1.68. The fourth-order valence-electron chi connectivity index (χ4n) is 5.45. The van der Waals surface area contributed by atoms with Gasteiger partial charge in [0.15, 0.2) is 0 Å². The molecule has 0 aliphatic carbocycles. The van der Waals surface area contributed by atoms with Crippen LogP contribution < -0.4 is 10.6 Å². The molecule has 3 aromatic carbocycles. The van der Waals surface area contributed by atoms with Gasteiger partial charge in [0.05, 0.1) is 35.7 Å². The van der Waals surface area contributed by atoms with Crippen molar-refractivity contribution < 1.29 is 29.4 Å². The lowest BCUT2D eigenvalue weighted by Gasteiger charge is -2.34. The minimum atomic E-state index is -1.06. The van der Waals surface area contributed by atoms with Crippen LogP contribution in [0.25, 0.3) is 11.3 Å². The van der Waals surface area contributed by atoms with E-state index in [1.807, 2.05) is 30.3 Å². The molecule has 0 bridgehead atoms. The summed E-state index contributed by atoms with van der Waals surface area (Å²) in [7, 11) is 1.60. The van der Waals surface area contributed by atoms with E-state index in [1.165, 1.54) is 11.1 Å². The fraction of sp³-hybridized carbons (Fsp3) is 0.303. The van der Waals surface area contributed by atoms with Crippen LogP contribution in [0.2, 0.25) is 0 Å². The van der Waals surface area contributed by atoms with Gasteiger partial charge in [-0.3, -0.25) is 24.2 Å². The molecule has 11 heteroatoms. The van der Waals surface area contributed by atoms with E-state index in [0.717, 1.165) is 31.7 Å². The number of hydrogen-bond acceptors (Lipinski definition) is 8. The number of benzene rings is 3. The normalized spacial score (nSPS) is 16.3. The average molecular weight is 600 g/mol. The van der Waals surface area contributed by atoms with E-state index >= 15 is 0 Å². The SMILES string of the molecule is Cc1cc2c(cc1C(=O)O)NC(=O)/C2=C(/Nc1ccc(C(=O)N(C)OCCN2CCN(CCO)CC2)cc1)c1ccccc1. The highest BCUT2D eigenvalue weighted by Crippen LogP contribution is 2.39. The van der Waals surface area contributed by atoms with Crippen molar-refractivity contribution in [3.8, 4) is 0 Å². The Morgan fingerprint density at radius 3 is 2.25 bits per heavy atom. The van der Waals surface area contributed by atoms with Gasteiger partial charge in [0.1, 0.15) is 0 Å². The summed E-state index contributed by atoms with van der Waals surface area (Å²) in [5.41, 5.74) is 4.57. The van der Waals surface area contributed by atoms with Gasteiger partial charge in [-0.05, 0) is 54.4 Å². The molecule has 0 spiro atoms. The zero-order chi connectivity index (χ0) is 31.2. The number of carbonyl (C=O) groups is 3. The second-order valence-electron chi connectivity index (χ2n) is 10.8. The van der Waals surface area contributed by atoms with E-state index in [1.54, 1.807) is 44.3 Å². The molecule has 3 aromatic rings. The maximum atomic E-state index is 13.2. The van der Waals surface area contributed by atoms with Crippen LogP contribution in [-0.2, 0) is 9.63 Å². The van der Waals surface area contributed by atoms with Crippen molar-refractivity contribution in [2.45, 2.75) is 6.92 Å². The molecule has 1 fully saturated rings. The lowest BCUT2D eigenvalue weighted by molar-refractivity contribution is -0.111. The third kappa shape index (κ3) is 6.98. The maximum absolute atomic E-state index is 13.2. The molecule has 0 atom stereocenters. The van der Waals surface area contributed by atoms with Crippen molar-refractivity contribution in [2.75, 3.05) is 70.2 Å². The van der Waals surface area contributed by atoms with Crippen LogP contribution in [0, 0.1) is 6.92 Å². The van der Waals surface area contributed by atoms with Crippen LogP contribution >= 0.6 is 0 Å². The van der Waals surface area contributed by atoms with Crippen molar-refractivity contribution in [3.63, 3.8) is 0 Å². The lowest BCUT2D eigenvalue weighted by Crippen LogP contribution is -2.48. The summed E-state index contributed by atoms with van der Waals surface area (Å²) < 4.78 is 0. The number of aliphatic hydroxyl groups excluding tert-OH is 1. The fourth-order valence-corrected chi connectivity index (χ4v) is 5.45. The highest BCUT2D eigenvalue weighted by molar-refractivity contribution is 6.37. The molecule has 0 radical (unpaired) electrons. The number of aromatic carboxylic acids is 1. The molecule has 1 saturated heterocycles. The molecule has 5 rings (SSSR count). The summed E-state index contributed by atoms with van der Waals surface area (Å²) in [4.78, 5) is 48.2. The van der Waals surface area contributed by atoms with Crippen molar-refractivity contribution in [1.29, 1.82) is 0 Å². The van der Waals surface area contributed by atoms with Crippen LogP contribution in [0.3, 0.4) is 0 Å². The van der Waals surface area contributed by atoms with Crippen molar-refractivity contribution in [2.24, 2.45) is 0 Å². The van der Waals surface area contributed by atoms with E-state index in [4.69, 9.17) is 9.94 Å². The van der Waals surface area contributed by atoms with Gasteiger partial charge in [0.25, 0.3) is 11.8 Å². The number of piperazine rings is 1. The summed E-state index contributed by atoms with van der Waals surface area (Å²) in [6, 6.07) is 19.5. The molecule has 230 valence electrons. The number of hydrogen-bond donors (Lipinski definition) is 4. The van der Waals surface area contributed by atoms with Gasteiger partial charge >= 0.3 is 5.97 Å². The van der Waals surface area contributed by atoms with Crippen molar-refractivity contribution >= 4 is 40.4 Å². The first-order valence-electron chi connectivity index (χ1n) is 14.6. The van der Waals surface area contributed by atoms with Gasteiger partial charge in [-0.15, -0.1) is 0 Å². The van der Waals surface area contributed by atoms with Crippen LogP contribution in [0.5, 0.6) is 0 Å². The first kappa shape index (κ1) is 30.9. The molecule has 11 nitrogen and oxygen atoms in total. The summed E-state index contributed by atoms with van der Waals surface area (Å²) in [6.45, 7) is 7.25. The molecular formula is C33H37N5O6. The second-order valence-corrected chi connectivity index (χ2v) is 10.8. The van der Waals surface area contributed by atoms with E-state index in [9.17, 15) is 19.5 Å². The van der Waals surface area contributed by atoms with Gasteiger partial charge < -0.3 is 20.8 Å². The predicted molar refractivity (Wildman–Crippen MR) is 168 cm³/mol. The van der Waals surface area contributed by atoms with Crippen molar-refractivity contribution in [3.05, 3.63) is 94.5 Å². The van der Waals surface area contributed by atoms with E-state index < -0.39 is 5.97 Å². The smallest absolute Gasteiger partial charge is 0.336 e. The van der Waals surface area contributed by atoms with E-state index in [-0.39, 0.29) is 24.0 Å². The Hall–Kier alpha value is -4.55. The number of rotatable bonds is 11. The number of nitrogens with one attached hydrogen (secondary N) is 2. The van der Waals surface area contributed by atoms with Gasteiger partial charge in [-0.1, -0.05) is 30.3 Å². The molecule has 0 aromatic heterocycles. The number of amides is 2. The Bertz CT molecular complexity index is 1550. The van der Waals surface area contributed by atoms with Crippen LogP contribution in [0.15, 0.2) is 66.7 Å². The van der Waals surface area contributed by atoms with Gasteiger partial charge in [-0.25, -0.2) is 9.86 Å². The predicted octanol–water partition coefficient (Wildman–Crippen LogP) is 3.24. The first-order chi connectivity index (χ1) is 21.2. The van der Waals surface area contributed by atoms with Gasteiger partial charge in [0.2, 0.25) is 0 Å². The third-order valence-electron chi connectivity index (χ3n) is 7.91. The average Bonchev–Trinajstić information content (AvgIpc) is 3.34. The van der Waals surface area contributed by atoms with E-state index in [0.29, 0.717) is 59.0 Å². The lowest BCUT2D eigenvalue weighted by atomic mass is 9.96. The molecule has 2 amide bonds. The topological polar surface area (TPSA) is 135 Å². The Balaban J connectivity index is 1.29. The van der Waals surface area contributed by atoms with Crippen LogP contribution in [-0.4, -0.2) is 102 Å². The monoisotopic (exact) mass is 599 g/mol. The maximum Gasteiger partial charge on any atom is 0.336 e. The number of carbonyl (C=O) groups excluding carboxylic acids is 2. The Labute approximate surface area is 256 Å². The molecule has 0 saturated carbocycles. The number of aliphatic hydroxyl groups is 1. The van der Waals surface area contributed by atoms with Gasteiger partial charge in [0, 0.05) is 63.1 Å². The number of β-amino-alcohol motifs (C(OH)–C–C–N with tert-alkyl or cyclic N) is 1. The van der Waals surface area contributed by atoms with Crippen molar-refractivity contribution in [1.82, 2.24) is 14.9 Å². The number of hydroxylamine groups is 2. The zero-order valence-electron chi connectivity index (χ0n) is 24.9. The molecule has 2 aliphatic heterocycles. The summed E-state index contributed by atoms with van der Waals surface area (Å²) in [6.07, 6.45) is 0. The molecule has 2 aliphatic rings. The third-order valence-corrected chi connectivity index (χ3v) is 7.91. The molecular weight excluding hydrogens is 562 g/mol. The van der Waals surface area contributed by atoms with Crippen LogP contribution in [0.4, 0.5) is 11.4 Å². The molecule has 0 unspecified atom stereocenters. The minimum absolute atomic E-state index is 0.130. The Kier molecular flexibility index (Phi) is 9.71. The summed E-state index contributed by atoms with van der Waals surface area (Å²) >= 11 is 0. The summed E-state index contributed by atoms with van der Waals surface area (Å²) in [5, 5.41) is 26.1. The number of carboxylic acid groups (broad SMARTS) is 1.